The third-order valence-electron chi connectivity index (χ3n) is 4.35. The zero-order valence-corrected chi connectivity index (χ0v) is 13.5. The SMILES string of the molecule is CC1Cc2[nH]c(=S)c(/C=C/C#N)cc2CC1C(C)(C)C. The summed E-state index contributed by atoms with van der Waals surface area (Å²) >= 11 is 5.38. The molecule has 1 heterocycles. The summed E-state index contributed by atoms with van der Waals surface area (Å²) in [6.45, 7) is 9.29. The van der Waals surface area contributed by atoms with Crippen molar-refractivity contribution >= 4 is 18.3 Å². The van der Waals surface area contributed by atoms with E-state index in [2.05, 4.69) is 38.7 Å². The number of rotatable bonds is 1. The van der Waals surface area contributed by atoms with Gasteiger partial charge in [-0.1, -0.05) is 39.9 Å². The lowest BCUT2D eigenvalue weighted by molar-refractivity contribution is 0.155. The first-order valence-electron chi connectivity index (χ1n) is 7.14. The molecule has 1 aromatic heterocycles. The number of allylic oxidation sites excluding steroid dienone is 1. The predicted molar refractivity (Wildman–Crippen MR) is 85.8 cm³/mol. The predicted octanol–water partition coefficient (Wildman–Crippen LogP) is 4.68. The van der Waals surface area contributed by atoms with E-state index >= 15 is 0 Å². The van der Waals surface area contributed by atoms with Crippen molar-refractivity contribution in [3.63, 3.8) is 0 Å². The van der Waals surface area contributed by atoms with Crippen LogP contribution in [0.2, 0.25) is 0 Å². The van der Waals surface area contributed by atoms with Gasteiger partial charge in [-0.25, -0.2) is 0 Å². The third kappa shape index (κ3) is 3.02. The molecule has 1 N–H and O–H groups in total. The summed E-state index contributed by atoms with van der Waals surface area (Å²) in [7, 11) is 0. The molecule has 20 heavy (non-hydrogen) atoms. The van der Waals surface area contributed by atoms with Crippen LogP contribution in [0, 0.1) is 33.2 Å². The summed E-state index contributed by atoms with van der Waals surface area (Å²) in [5.41, 5.74) is 3.89. The van der Waals surface area contributed by atoms with Crippen LogP contribution in [-0.2, 0) is 12.8 Å². The number of nitrogens with one attached hydrogen (secondary N) is 1. The molecule has 0 radical (unpaired) electrons. The van der Waals surface area contributed by atoms with Crippen LogP contribution in [0.4, 0.5) is 0 Å². The number of hydrogen-bond donors (Lipinski definition) is 1. The molecule has 0 aliphatic heterocycles. The standard InChI is InChI=1S/C17H22N2S/c1-11-8-15-13(10-14(11)17(2,3)4)9-12(6-5-7-18)16(20)19-15/h5-6,9,11,14H,8,10H2,1-4H3,(H,19,20)/b6-5+. The van der Waals surface area contributed by atoms with E-state index in [1.54, 1.807) is 6.08 Å². The molecule has 0 amide bonds. The molecule has 3 heteroatoms. The fourth-order valence-electron chi connectivity index (χ4n) is 3.31. The molecule has 2 unspecified atom stereocenters. The highest BCUT2D eigenvalue weighted by Gasteiger charge is 2.34. The Morgan fingerprint density at radius 2 is 2.10 bits per heavy atom. The van der Waals surface area contributed by atoms with Gasteiger partial charge in [-0.05, 0) is 47.8 Å². The summed E-state index contributed by atoms with van der Waals surface area (Å²) < 4.78 is 0.733. The number of hydrogen-bond acceptors (Lipinski definition) is 2. The zero-order chi connectivity index (χ0) is 14.9. The molecule has 0 aromatic carbocycles. The highest BCUT2D eigenvalue weighted by atomic mass is 32.1. The minimum atomic E-state index is 0.312. The van der Waals surface area contributed by atoms with E-state index in [9.17, 15) is 0 Å². The minimum absolute atomic E-state index is 0.312. The maximum atomic E-state index is 8.66. The van der Waals surface area contributed by atoms with E-state index in [0.29, 0.717) is 17.3 Å². The Labute approximate surface area is 126 Å². The smallest absolute Gasteiger partial charge is 0.110 e. The Hall–Kier alpha value is -1.40. The summed E-state index contributed by atoms with van der Waals surface area (Å²) in [6, 6.07) is 4.18. The molecule has 0 fully saturated rings. The highest BCUT2D eigenvalue weighted by Crippen LogP contribution is 2.40. The normalized spacial score (nSPS) is 22.6. The van der Waals surface area contributed by atoms with Gasteiger partial charge in [0, 0.05) is 17.3 Å². The van der Waals surface area contributed by atoms with E-state index in [1.165, 1.54) is 17.3 Å². The number of H-pyrrole nitrogens is 1. The second-order valence-corrected chi connectivity index (χ2v) is 7.29. The van der Waals surface area contributed by atoms with Crippen LogP contribution in [0.1, 0.15) is 44.5 Å². The van der Waals surface area contributed by atoms with Gasteiger partial charge in [0.2, 0.25) is 0 Å². The molecule has 1 aromatic rings. The maximum absolute atomic E-state index is 8.66. The molecule has 1 aliphatic carbocycles. The summed E-state index contributed by atoms with van der Waals surface area (Å²) in [5.74, 6) is 1.33. The Balaban J connectivity index is 2.42. The molecule has 0 saturated carbocycles. The Morgan fingerprint density at radius 3 is 2.70 bits per heavy atom. The molecule has 0 bridgehead atoms. The molecule has 2 nitrogen and oxygen atoms in total. The zero-order valence-electron chi connectivity index (χ0n) is 12.7. The van der Waals surface area contributed by atoms with Gasteiger partial charge < -0.3 is 4.98 Å². The van der Waals surface area contributed by atoms with Crippen LogP contribution < -0.4 is 0 Å². The van der Waals surface area contributed by atoms with Crippen molar-refractivity contribution in [1.29, 1.82) is 5.26 Å². The van der Waals surface area contributed by atoms with Gasteiger partial charge in [-0.2, -0.15) is 5.26 Å². The molecular formula is C17H22N2S. The lowest BCUT2D eigenvalue weighted by Gasteiger charge is -2.39. The number of fused-ring (bicyclic) bond motifs is 1. The van der Waals surface area contributed by atoms with Crippen molar-refractivity contribution in [1.82, 2.24) is 4.98 Å². The van der Waals surface area contributed by atoms with Crippen molar-refractivity contribution < 1.29 is 0 Å². The third-order valence-corrected chi connectivity index (χ3v) is 4.68. The van der Waals surface area contributed by atoms with Crippen LogP contribution in [0.5, 0.6) is 0 Å². The Kier molecular flexibility index (Phi) is 4.15. The van der Waals surface area contributed by atoms with Crippen LogP contribution in [-0.4, -0.2) is 4.98 Å². The lowest BCUT2D eigenvalue weighted by atomic mass is 9.66. The summed E-state index contributed by atoms with van der Waals surface area (Å²) in [6.07, 6.45) is 5.42. The molecule has 0 spiro atoms. The van der Waals surface area contributed by atoms with E-state index < -0.39 is 0 Å². The number of pyridine rings is 1. The number of nitriles is 1. The molecule has 1 aliphatic rings. The first-order chi connectivity index (χ1) is 9.32. The van der Waals surface area contributed by atoms with Crippen molar-refractivity contribution in [2.24, 2.45) is 17.3 Å². The van der Waals surface area contributed by atoms with Crippen molar-refractivity contribution in [3.8, 4) is 6.07 Å². The highest BCUT2D eigenvalue weighted by molar-refractivity contribution is 7.71. The van der Waals surface area contributed by atoms with Gasteiger partial charge in [0.25, 0.3) is 0 Å². The Bertz CT molecular complexity index is 626. The fraction of sp³-hybridized carbons (Fsp3) is 0.529. The average Bonchev–Trinajstić information content (AvgIpc) is 2.34. The first kappa shape index (κ1) is 15.0. The van der Waals surface area contributed by atoms with Crippen molar-refractivity contribution in [3.05, 3.63) is 33.6 Å². The quantitative estimate of drug-likeness (QED) is 0.601. The largest absolute Gasteiger partial charge is 0.349 e. The first-order valence-corrected chi connectivity index (χ1v) is 7.55. The van der Waals surface area contributed by atoms with Gasteiger partial charge in [0.05, 0.1) is 6.07 Å². The van der Waals surface area contributed by atoms with E-state index in [4.69, 9.17) is 17.5 Å². The van der Waals surface area contributed by atoms with Gasteiger partial charge in [-0.15, -0.1) is 0 Å². The second-order valence-electron chi connectivity index (χ2n) is 6.88. The van der Waals surface area contributed by atoms with Gasteiger partial charge in [0.15, 0.2) is 0 Å². The van der Waals surface area contributed by atoms with Gasteiger partial charge in [-0.3, -0.25) is 0 Å². The van der Waals surface area contributed by atoms with E-state index in [0.717, 1.165) is 23.0 Å². The van der Waals surface area contributed by atoms with Gasteiger partial charge in [0.1, 0.15) is 4.64 Å². The molecule has 2 atom stereocenters. The molecule has 2 rings (SSSR count). The van der Waals surface area contributed by atoms with Crippen molar-refractivity contribution in [2.45, 2.75) is 40.5 Å². The summed E-state index contributed by atoms with van der Waals surface area (Å²) in [4.78, 5) is 3.36. The average molecular weight is 286 g/mol. The van der Waals surface area contributed by atoms with Crippen LogP contribution in [0.3, 0.4) is 0 Å². The molecule has 106 valence electrons. The van der Waals surface area contributed by atoms with E-state index in [1.807, 2.05) is 6.07 Å². The summed E-state index contributed by atoms with van der Waals surface area (Å²) in [5, 5.41) is 8.66. The topological polar surface area (TPSA) is 39.6 Å². The van der Waals surface area contributed by atoms with Crippen molar-refractivity contribution in [2.75, 3.05) is 0 Å². The second kappa shape index (κ2) is 5.54. The minimum Gasteiger partial charge on any atom is -0.349 e. The van der Waals surface area contributed by atoms with Crippen LogP contribution in [0.25, 0.3) is 6.08 Å². The Morgan fingerprint density at radius 1 is 1.40 bits per heavy atom. The molecule has 0 saturated heterocycles. The van der Waals surface area contributed by atoms with Crippen LogP contribution >= 0.6 is 12.2 Å². The van der Waals surface area contributed by atoms with Gasteiger partial charge >= 0.3 is 0 Å². The number of nitrogens with zero attached hydrogens (tertiary/aromatic N) is 1. The maximum Gasteiger partial charge on any atom is 0.110 e. The number of aromatic amines is 1. The molecular weight excluding hydrogens is 264 g/mol. The number of aromatic nitrogens is 1. The monoisotopic (exact) mass is 286 g/mol. The lowest BCUT2D eigenvalue weighted by Crippen LogP contribution is -2.34. The van der Waals surface area contributed by atoms with E-state index in [-0.39, 0.29) is 0 Å². The fourth-order valence-corrected chi connectivity index (χ4v) is 3.56. The van der Waals surface area contributed by atoms with Crippen LogP contribution in [0.15, 0.2) is 12.1 Å².